The second-order valence-corrected chi connectivity index (χ2v) is 5.07. The largest absolute Gasteiger partial charge is 0.294 e. The highest BCUT2D eigenvalue weighted by molar-refractivity contribution is 5.97. The Kier molecular flexibility index (Phi) is 4.82. The van der Waals surface area contributed by atoms with E-state index >= 15 is 0 Å². The van der Waals surface area contributed by atoms with Gasteiger partial charge in [-0.3, -0.25) is 14.9 Å². The first kappa shape index (κ1) is 14.9. The number of hydrogen-bond acceptors (Lipinski definition) is 3. The fraction of sp³-hybridized carbons (Fsp3) is 0.235. The Labute approximate surface area is 123 Å². The molecule has 0 aliphatic heterocycles. The molecule has 0 radical (unpaired) electrons. The van der Waals surface area contributed by atoms with Gasteiger partial charge in [0.1, 0.15) is 0 Å². The zero-order valence-electron chi connectivity index (χ0n) is 11.9. The summed E-state index contributed by atoms with van der Waals surface area (Å²) in [6.45, 7) is 1.64. The number of ketones is 1. The quantitative estimate of drug-likeness (QED) is 0.462. The van der Waals surface area contributed by atoms with Crippen LogP contribution in [0, 0.1) is 17.0 Å². The monoisotopic (exact) mass is 283 g/mol. The van der Waals surface area contributed by atoms with Gasteiger partial charge in [0.15, 0.2) is 5.78 Å². The highest BCUT2D eigenvalue weighted by Gasteiger charge is 2.22. The van der Waals surface area contributed by atoms with Crippen molar-refractivity contribution in [3.05, 3.63) is 81.4 Å². The van der Waals surface area contributed by atoms with Gasteiger partial charge in [0.05, 0.1) is 5.92 Å². The van der Waals surface area contributed by atoms with Gasteiger partial charge >= 0.3 is 0 Å². The van der Waals surface area contributed by atoms with Gasteiger partial charge in [-0.25, -0.2) is 0 Å². The summed E-state index contributed by atoms with van der Waals surface area (Å²) in [5.74, 6) is -0.447. The van der Waals surface area contributed by atoms with Crippen molar-refractivity contribution in [2.24, 2.45) is 0 Å². The van der Waals surface area contributed by atoms with Gasteiger partial charge in [-0.1, -0.05) is 54.6 Å². The summed E-state index contributed by atoms with van der Waals surface area (Å²) in [4.78, 5) is 22.9. The Hall–Kier alpha value is -2.49. The highest BCUT2D eigenvalue weighted by Crippen LogP contribution is 2.23. The number of aryl methyl sites for hydroxylation is 1. The summed E-state index contributed by atoms with van der Waals surface area (Å²) >= 11 is 0. The van der Waals surface area contributed by atoms with Crippen LogP contribution in [0.15, 0.2) is 54.6 Å². The summed E-state index contributed by atoms with van der Waals surface area (Å²) in [5.41, 5.74) is 2.37. The second kappa shape index (κ2) is 6.79. The fourth-order valence-corrected chi connectivity index (χ4v) is 2.41. The standard InChI is InChI=1S/C17H17NO3/c1-13-7-5-6-10-16(13)17(19)11-15(12-18(20)21)14-8-3-2-4-9-14/h2-10,15H,11-12H2,1H3/t15-/m0/s1. The fourth-order valence-electron chi connectivity index (χ4n) is 2.41. The van der Waals surface area contributed by atoms with Crippen LogP contribution in [0.2, 0.25) is 0 Å². The summed E-state index contributed by atoms with van der Waals surface area (Å²) < 4.78 is 0. The third-order valence-corrected chi connectivity index (χ3v) is 3.52. The molecule has 4 heteroatoms. The molecule has 4 nitrogen and oxygen atoms in total. The lowest BCUT2D eigenvalue weighted by molar-refractivity contribution is -0.483. The highest BCUT2D eigenvalue weighted by atomic mass is 16.6. The molecule has 0 amide bonds. The Balaban J connectivity index is 2.21. The van der Waals surface area contributed by atoms with Crippen LogP contribution in [0.4, 0.5) is 0 Å². The Bertz CT molecular complexity index is 637. The van der Waals surface area contributed by atoms with E-state index in [9.17, 15) is 14.9 Å². The van der Waals surface area contributed by atoms with Crippen molar-refractivity contribution >= 4 is 5.78 Å². The van der Waals surface area contributed by atoms with E-state index in [-0.39, 0.29) is 23.7 Å². The van der Waals surface area contributed by atoms with Crippen LogP contribution in [0.3, 0.4) is 0 Å². The predicted octanol–water partition coefficient (Wildman–Crippen LogP) is 3.63. The molecule has 0 bridgehead atoms. The molecule has 0 aliphatic carbocycles. The number of nitro groups is 1. The van der Waals surface area contributed by atoms with Crippen molar-refractivity contribution in [2.45, 2.75) is 19.3 Å². The van der Waals surface area contributed by atoms with Crippen molar-refractivity contribution in [1.82, 2.24) is 0 Å². The van der Waals surface area contributed by atoms with Crippen LogP contribution in [0.25, 0.3) is 0 Å². The SMILES string of the molecule is Cc1ccccc1C(=O)C[C@@H](C[N+](=O)[O-])c1ccccc1. The molecular formula is C17H17NO3. The molecule has 0 N–H and O–H groups in total. The molecule has 0 saturated carbocycles. The van der Waals surface area contributed by atoms with Gasteiger partial charge in [0.25, 0.3) is 0 Å². The molecule has 108 valence electrons. The van der Waals surface area contributed by atoms with Crippen molar-refractivity contribution in [2.75, 3.05) is 6.54 Å². The zero-order chi connectivity index (χ0) is 15.2. The van der Waals surface area contributed by atoms with Crippen molar-refractivity contribution in [3.8, 4) is 0 Å². The molecule has 0 aromatic heterocycles. The maximum absolute atomic E-state index is 12.4. The molecule has 1 atom stereocenters. The van der Waals surface area contributed by atoms with Gasteiger partial charge in [0.2, 0.25) is 6.54 Å². The third-order valence-electron chi connectivity index (χ3n) is 3.52. The number of hydrogen-bond donors (Lipinski definition) is 0. The Morgan fingerprint density at radius 3 is 2.33 bits per heavy atom. The van der Waals surface area contributed by atoms with Gasteiger partial charge in [-0.2, -0.15) is 0 Å². The number of carbonyl (C=O) groups excluding carboxylic acids is 1. The molecule has 0 unspecified atom stereocenters. The molecule has 21 heavy (non-hydrogen) atoms. The molecule has 0 saturated heterocycles. The normalized spacial score (nSPS) is 11.9. The van der Waals surface area contributed by atoms with E-state index in [0.29, 0.717) is 5.56 Å². The lowest BCUT2D eigenvalue weighted by atomic mass is 9.90. The summed E-state index contributed by atoms with van der Waals surface area (Å²) in [6, 6.07) is 16.5. The molecule has 0 heterocycles. The smallest absolute Gasteiger partial charge is 0.211 e. The van der Waals surface area contributed by atoms with E-state index in [1.165, 1.54) is 0 Å². The van der Waals surface area contributed by atoms with Gasteiger partial charge in [-0.05, 0) is 18.1 Å². The van der Waals surface area contributed by atoms with E-state index in [1.54, 1.807) is 6.07 Å². The predicted molar refractivity (Wildman–Crippen MR) is 81.2 cm³/mol. The number of nitrogens with zero attached hydrogens (tertiary/aromatic N) is 1. The number of Topliss-reactive ketones (excluding diaryl/α,β-unsaturated/α-hetero) is 1. The second-order valence-electron chi connectivity index (χ2n) is 5.07. The van der Waals surface area contributed by atoms with E-state index in [1.807, 2.05) is 55.5 Å². The Morgan fingerprint density at radius 1 is 1.10 bits per heavy atom. The van der Waals surface area contributed by atoms with Crippen LogP contribution >= 0.6 is 0 Å². The zero-order valence-corrected chi connectivity index (χ0v) is 11.9. The Morgan fingerprint density at radius 2 is 1.71 bits per heavy atom. The van der Waals surface area contributed by atoms with E-state index in [2.05, 4.69) is 0 Å². The van der Waals surface area contributed by atoms with Crippen LogP contribution in [-0.4, -0.2) is 17.3 Å². The maximum Gasteiger partial charge on any atom is 0.211 e. The molecule has 2 aromatic carbocycles. The van der Waals surface area contributed by atoms with Gasteiger partial charge in [0, 0.05) is 16.9 Å². The third kappa shape index (κ3) is 3.99. The van der Waals surface area contributed by atoms with Crippen LogP contribution < -0.4 is 0 Å². The molecule has 0 spiro atoms. The number of rotatable bonds is 6. The molecule has 0 fully saturated rings. The summed E-state index contributed by atoms with van der Waals surface area (Å²) in [7, 11) is 0. The first-order valence-electron chi connectivity index (χ1n) is 6.83. The molecular weight excluding hydrogens is 266 g/mol. The average molecular weight is 283 g/mol. The number of carbonyl (C=O) groups is 1. The molecule has 2 rings (SSSR count). The van der Waals surface area contributed by atoms with Crippen LogP contribution in [-0.2, 0) is 0 Å². The number of benzene rings is 2. The minimum Gasteiger partial charge on any atom is -0.294 e. The molecule has 2 aromatic rings. The van der Waals surface area contributed by atoms with Crippen molar-refractivity contribution in [1.29, 1.82) is 0 Å². The van der Waals surface area contributed by atoms with Gasteiger partial charge in [-0.15, -0.1) is 0 Å². The minimum absolute atomic E-state index is 0.0520. The van der Waals surface area contributed by atoms with E-state index in [0.717, 1.165) is 11.1 Å². The summed E-state index contributed by atoms with van der Waals surface area (Å²) in [5, 5.41) is 10.9. The van der Waals surface area contributed by atoms with E-state index < -0.39 is 5.92 Å². The summed E-state index contributed by atoms with van der Waals surface area (Å²) in [6.07, 6.45) is 0.149. The van der Waals surface area contributed by atoms with Crippen molar-refractivity contribution < 1.29 is 9.72 Å². The van der Waals surface area contributed by atoms with Crippen molar-refractivity contribution in [3.63, 3.8) is 0 Å². The lowest BCUT2D eigenvalue weighted by Gasteiger charge is -2.13. The first-order valence-corrected chi connectivity index (χ1v) is 6.83. The van der Waals surface area contributed by atoms with Crippen LogP contribution in [0.1, 0.15) is 33.8 Å². The topological polar surface area (TPSA) is 60.2 Å². The minimum atomic E-state index is -0.395. The van der Waals surface area contributed by atoms with E-state index in [4.69, 9.17) is 0 Å². The average Bonchev–Trinajstić information content (AvgIpc) is 2.47. The van der Waals surface area contributed by atoms with Crippen LogP contribution in [0.5, 0.6) is 0 Å². The first-order chi connectivity index (χ1) is 10.1. The molecule has 0 aliphatic rings. The van der Waals surface area contributed by atoms with Gasteiger partial charge < -0.3 is 0 Å². The maximum atomic E-state index is 12.4. The lowest BCUT2D eigenvalue weighted by Crippen LogP contribution is -2.17.